The molecule has 0 saturated heterocycles. The fourth-order valence-corrected chi connectivity index (χ4v) is 2.89. The van der Waals surface area contributed by atoms with Crippen LogP contribution in [0.4, 0.5) is 5.69 Å². The van der Waals surface area contributed by atoms with Crippen LogP contribution in [0, 0.1) is 6.92 Å². The standard InChI is InChI=1S/C18H25N5O/c1-3-11-19-18(20-12-6-9-17-21-14(2)22-24-17)23-13-10-15-7-4-5-8-16(15)23/h4-5,7-8H,3,6,9-13H2,1-2H3,(H,19,20). The average molecular weight is 327 g/mol. The summed E-state index contributed by atoms with van der Waals surface area (Å²) in [7, 11) is 0. The lowest BCUT2D eigenvalue weighted by molar-refractivity contribution is 0.372. The summed E-state index contributed by atoms with van der Waals surface area (Å²) < 4.78 is 5.15. The van der Waals surface area contributed by atoms with E-state index in [0.29, 0.717) is 11.7 Å². The van der Waals surface area contributed by atoms with Crippen molar-refractivity contribution in [2.75, 3.05) is 24.5 Å². The molecule has 2 aromatic rings. The number of aliphatic imine (C=N–C) groups is 1. The van der Waals surface area contributed by atoms with Crippen molar-refractivity contribution in [1.82, 2.24) is 15.5 Å². The van der Waals surface area contributed by atoms with Crippen molar-refractivity contribution >= 4 is 11.6 Å². The van der Waals surface area contributed by atoms with Crippen molar-refractivity contribution < 1.29 is 4.52 Å². The Morgan fingerprint density at radius 1 is 1.38 bits per heavy atom. The summed E-state index contributed by atoms with van der Waals surface area (Å²) in [5.74, 6) is 2.37. The molecule has 2 heterocycles. The van der Waals surface area contributed by atoms with Crippen molar-refractivity contribution in [2.45, 2.75) is 39.5 Å². The van der Waals surface area contributed by atoms with E-state index in [1.54, 1.807) is 0 Å². The van der Waals surface area contributed by atoms with E-state index in [2.05, 4.69) is 51.5 Å². The zero-order valence-corrected chi connectivity index (χ0v) is 14.5. The Morgan fingerprint density at radius 3 is 3.04 bits per heavy atom. The number of rotatable bonds is 6. The molecule has 6 heteroatoms. The number of aromatic nitrogens is 2. The maximum atomic E-state index is 5.15. The monoisotopic (exact) mass is 327 g/mol. The van der Waals surface area contributed by atoms with E-state index in [1.165, 1.54) is 11.3 Å². The molecule has 1 aliphatic heterocycles. The lowest BCUT2D eigenvalue weighted by atomic mass is 10.2. The molecule has 0 atom stereocenters. The van der Waals surface area contributed by atoms with Crippen LogP contribution >= 0.6 is 0 Å². The summed E-state index contributed by atoms with van der Waals surface area (Å²) in [4.78, 5) is 11.3. The van der Waals surface area contributed by atoms with Gasteiger partial charge in [0, 0.05) is 31.7 Å². The maximum absolute atomic E-state index is 5.15. The van der Waals surface area contributed by atoms with Gasteiger partial charge in [0.2, 0.25) is 5.89 Å². The number of anilines is 1. The Hall–Kier alpha value is -2.37. The number of fused-ring (bicyclic) bond motifs is 1. The minimum absolute atomic E-state index is 0.692. The SMILES string of the molecule is CCCN=C(NCCCc1nc(C)no1)N1CCc2ccccc21. The molecule has 6 nitrogen and oxygen atoms in total. The predicted octanol–water partition coefficient (Wildman–Crippen LogP) is 2.73. The van der Waals surface area contributed by atoms with Crippen molar-refractivity contribution in [3.05, 3.63) is 41.5 Å². The Labute approximate surface area is 143 Å². The number of benzene rings is 1. The highest BCUT2D eigenvalue weighted by molar-refractivity contribution is 5.97. The van der Waals surface area contributed by atoms with Gasteiger partial charge < -0.3 is 14.7 Å². The molecule has 0 saturated carbocycles. The molecule has 0 amide bonds. The first-order valence-corrected chi connectivity index (χ1v) is 8.71. The zero-order chi connectivity index (χ0) is 16.8. The first-order valence-electron chi connectivity index (χ1n) is 8.71. The summed E-state index contributed by atoms with van der Waals surface area (Å²) in [6, 6.07) is 8.56. The number of hydrogen-bond donors (Lipinski definition) is 1. The third-order valence-electron chi connectivity index (χ3n) is 4.05. The number of aryl methyl sites for hydroxylation is 2. The van der Waals surface area contributed by atoms with Gasteiger partial charge in [-0.15, -0.1) is 0 Å². The molecule has 1 aromatic heterocycles. The van der Waals surface area contributed by atoms with E-state index >= 15 is 0 Å². The fourth-order valence-electron chi connectivity index (χ4n) is 2.89. The van der Waals surface area contributed by atoms with Gasteiger partial charge in [0.1, 0.15) is 0 Å². The number of hydrogen-bond acceptors (Lipinski definition) is 4. The number of nitrogens with zero attached hydrogens (tertiary/aromatic N) is 4. The van der Waals surface area contributed by atoms with Gasteiger partial charge in [0.15, 0.2) is 11.8 Å². The molecule has 24 heavy (non-hydrogen) atoms. The molecule has 0 spiro atoms. The number of nitrogens with one attached hydrogen (secondary N) is 1. The smallest absolute Gasteiger partial charge is 0.226 e. The zero-order valence-electron chi connectivity index (χ0n) is 14.5. The van der Waals surface area contributed by atoms with Crippen LogP contribution in [-0.2, 0) is 12.8 Å². The van der Waals surface area contributed by atoms with Crippen molar-refractivity contribution in [2.24, 2.45) is 4.99 Å². The molecule has 1 aromatic carbocycles. The van der Waals surface area contributed by atoms with E-state index < -0.39 is 0 Å². The number of para-hydroxylation sites is 1. The number of guanidine groups is 1. The maximum Gasteiger partial charge on any atom is 0.226 e. The highest BCUT2D eigenvalue weighted by Gasteiger charge is 2.22. The van der Waals surface area contributed by atoms with Gasteiger partial charge in [0.05, 0.1) is 0 Å². The van der Waals surface area contributed by atoms with E-state index in [1.807, 2.05) is 6.92 Å². The minimum atomic E-state index is 0.692. The van der Waals surface area contributed by atoms with Crippen molar-refractivity contribution in [1.29, 1.82) is 0 Å². The van der Waals surface area contributed by atoms with Crippen LogP contribution in [-0.4, -0.2) is 35.7 Å². The van der Waals surface area contributed by atoms with Crippen LogP contribution in [0.3, 0.4) is 0 Å². The topological polar surface area (TPSA) is 66.5 Å². The van der Waals surface area contributed by atoms with E-state index in [-0.39, 0.29) is 0 Å². The summed E-state index contributed by atoms with van der Waals surface area (Å²) in [5.41, 5.74) is 2.66. The molecular formula is C18H25N5O. The molecule has 0 bridgehead atoms. The molecule has 1 aliphatic rings. The predicted molar refractivity (Wildman–Crippen MR) is 95.4 cm³/mol. The Bertz CT molecular complexity index is 694. The third-order valence-corrected chi connectivity index (χ3v) is 4.05. The molecule has 128 valence electrons. The van der Waals surface area contributed by atoms with Gasteiger partial charge in [0.25, 0.3) is 0 Å². The molecule has 0 fully saturated rings. The van der Waals surface area contributed by atoms with Crippen LogP contribution in [0.15, 0.2) is 33.8 Å². The van der Waals surface area contributed by atoms with Crippen molar-refractivity contribution in [3.63, 3.8) is 0 Å². The van der Waals surface area contributed by atoms with Crippen LogP contribution in [0.25, 0.3) is 0 Å². The Kier molecular flexibility index (Phi) is 5.46. The normalized spacial score (nSPS) is 14.1. The molecule has 1 N–H and O–H groups in total. The van der Waals surface area contributed by atoms with Gasteiger partial charge in [-0.2, -0.15) is 4.98 Å². The first-order chi connectivity index (χ1) is 11.8. The molecule has 0 radical (unpaired) electrons. The first kappa shape index (κ1) is 16.5. The van der Waals surface area contributed by atoms with E-state index in [0.717, 1.165) is 51.3 Å². The third kappa shape index (κ3) is 3.93. The second-order valence-electron chi connectivity index (χ2n) is 6.00. The van der Waals surface area contributed by atoms with Crippen molar-refractivity contribution in [3.8, 4) is 0 Å². The van der Waals surface area contributed by atoms with E-state index in [9.17, 15) is 0 Å². The van der Waals surface area contributed by atoms with Gasteiger partial charge >= 0.3 is 0 Å². The van der Waals surface area contributed by atoms with Gasteiger partial charge in [-0.25, -0.2) is 0 Å². The highest BCUT2D eigenvalue weighted by Crippen LogP contribution is 2.27. The quantitative estimate of drug-likeness (QED) is 0.502. The average Bonchev–Trinajstić information content (AvgIpc) is 3.20. The molecule has 3 rings (SSSR count). The lowest BCUT2D eigenvalue weighted by Gasteiger charge is -2.22. The van der Waals surface area contributed by atoms with Gasteiger partial charge in [-0.1, -0.05) is 30.3 Å². The summed E-state index contributed by atoms with van der Waals surface area (Å²) in [6.07, 6.45) is 3.83. The summed E-state index contributed by atoms with van der Waals surface area (Å²) >= 11 is 0. The summed E-state index contributed by atoms with van der Waals surface area (Å²) in [5, 5.41) is 7.32. The molecule has 0 aliphatic carbocycles. The molecule has 0 unspecified atom stereocenters. The second kappa shape index (κ2) is 7.95. The largest absolute Gasteiger partial charge is 0.356 e. The highest BCUT2D eigenvalue weighted by atomic mass is 16.5. The lowest BCUT2D eigenvalue weighted by Crippen LogP contribution is -2.41. The van der Waals surface area contributed by atoms with Gasteiger partial charge in [-0.3, -0.25) is 4.99 Å². The van der Waals surface area contributed by atoms with Crippen LogP contribution < -0.4 is 10.2 Å². The Morgan fingerprint density at radius 2 is 2.25 bits per heavy atom. The van der Waals surface area contributed by atoms with Crippen LogP contribution in [0.1, 0.15) is 37.0 Å². The molecular weight excluding hydrogens is 302 g/mol. The minimum Gasteiger partial charge on any atom is -0.356 e. The van der Waals surface area contributed by atoms with E-state index in [4.69, 9.17) is 9.52 Å². The fraction of sp³-hybridized carbons (Fsp3) is 0.500. The van der Waals surface area contributed by atoms with Crippen LogP contribution in [0.5, 0.6) is 0 Å². The van der Waals surface area contributed by atoms with Crippen LogP contribution in [0.2, 0.25) is 0 Å². The second-order valence-corrected chi connectivity index (χ2v) is 6.00. The van der Waals surface area contributed by atoms with Gasteiger partial charge in [-0.05, 0) is 37.8 Å². The summed E-state index contributed by atoms with van der Waals surface area (Å²) in [6.45, 7) is 6.65. The Balaban J connectivity index is 1.59.